The molecule has 3 aromatic carbocycles. The number of ether oxygens (including phenoxy) is 1. The topological polar surface area (TPSA) is 17.4 Å². The van der Waals surface area contributed by atoms with Crippen LogP contribution in [0.3, 0.4) is 0 Å². The summed E-state index contributed by atoms with van der Waals surface area (Å²) < 4.78 is 9.53. The van der Waals surface area contributed by atoms with Gasteiger partial charge in [-0.1, -0.05) is 74.2 Å². The number of nitrogens with zero attached hydrogens (tertiary/aromatic N) is 2. The Kier molecular flexibility index (Phi) is 5.94. The zero-order chi connectivity index (χ0) is 28.1. The highest BCUT2D eigenvalue weighted by atomic mass is 16.5. The molecule has 0 amide bonds. The molecule has 2 saturated heterocycles. The normalized spacial score (nSPS) is 38.8. The summed E-state index contributed by atoms with van der Waals surface area (Å²) >= 11 is 0. The Morgan fingerprint density at radius 1 is 0.558 bits per heavy atom. The van der Waals surface area contributed by atoms with E-state index in [0.29, 0.717) is 30.2 Å². The Morgan fingerprint density at radius 2 is 1.33 bits per heavy atom. The summed E-state index contributed by atoms with van der Waals surface area (Å²) in [5.41, 5.74) is 5.59. The monoisotopic (exact) mass is 570 g/mol. The SMILES string of the molecule is c1ccc(-n2c3ccccc3c3ccc(C4CCC5C6C4CCCC6C4CCCC6OC7CCCCC7N5C64)cc32)cc1. The fourth-order valence-corrected chi connectivity index (χ4v) is 12.1. The molecule has 43 heavy (non-hydrogen) atoms. The molecular formula is C40H46N2O. The summed E-state index contributed by atoms with van der Waals surface area (Å²) in [6, 6.07) is 29.9. The van der Waals surface area contributed by atoms with Crippen molar-refractivity contribution < 1.29 is 4.74 Å². The average Bonchev–Trinajstić information content (AvgIpc) is 3.40. The lowest BCUT2D eigenvalue weighted by Gasteiger charge is -2.68. The number of piperidine rings is 1. The van der Waals surface area contributed by atoms with Gasteiger partial charge in [-0.05, 0) is 111 Å². The van der Waals surface area contributed by atoms with Gasteiger partial charge in [0.25, 0.3) is 0 Å². The molecule has 4 aromatic rings. The smallest absolute Gasteiger partial charge is 0.0737 e. The second-order valence-electron chi connectivity index (χ2n) is 15.1. The molecule has 1 aromatic heterocycles. The zero-order valence-corrected chi connectivity index (χ0v) is 25.5. The van der Waals surface area contributed by atoms with Gasteiger partial charge in [-0.15, -0.1) is 0 Å². The van der Waals surface area contributed by atoms with Gasteiger partial charge in [-0.2, -0.15) is 0 Å². The molecule has 3 heteroatoms. The van der Waals surface area contributed by atoms with Crippen LogP contribution in [-0.4, -0.2) is 39.8 Å². The Hall–Kier alpha value is -2.62. The fraction of sp³-hybridized carbons (Fsp3) is 0.550. The summed E-state index contributed by atoms with van der Waals surface area (Å²) in [7, 11) is 0. The first-order valence-electron chi connectivity index (χ1n) is 17.9. The Morgan fingerprint density at radius 3 is 2.28 bits per heavy atom. The maximum atomic E-state index is 7.01. The Balaban J connectivity index is 1.07. The maximum Gasteiger partial charge on any atom is 0.0737 e. The van der Waals surface area contributed by atoms with Gasteiger partial charge in [-0.25, -0.2) is 0 Å². The van der Waals surface area contributed by atoms with Crippen molar-refractivity contribution >= 4 is 21.8 Å². The van der Waals surface area contributed by atoms with Gasteiger partial charge in [-0.3, -0.25) is 4.90 Å². The second-order valence-corrected chi connectivity index (χ2v) is 15.1. The van der Waals surface area contributed by atoms with Crippen LogP contribution in [0.25, 0.3) is 27.5 Å². The predicted molar refractivity (Wildman–Crippen MR) is 175 cm³/mol. The minimum Gasteiger partial charge on any atom is -0.372 e. The van der Waals surface area contributed by atoms with Gasteiger partial charge in [0.2, 0.25) is 0 Å². The van der Waals surface area contributed by atoms with Crippen molar-refractivity contribution in [2.45, 2.75) is 113 Å². The summed E-state index contributed by atoms with van der Waals surface area (Å²) in [6.45, 7) is 0. The van der Waals surface area contributed by atoms with E-state index in [-0.39, 0.29) is 0 Å². The molecule has 0 N–H and O–H groups in total. The van der Waals surface area contributed by atoms with Crippen molar-refractivity contribution in [1.29, 1.82) is 0 Å². The van der Waals surface area contributed by atoms with Gasteiger partial charge >= 0.3 is 0 Å². The van der Waals surface area contributed by atoms with Crippen LogP contribution >= 0.6 is 0 Å². The van der Waals surface area contributed by atoms with Crippen LogP contribution in [0.1, 0.15) is 88.5 Å². The molecule has 10 unspecified atom stereocenters. The summed E-state index contributed by atoms with van der Waals surface area (Å²) in [6.07, 6.45) is 17.7. The molecule has 222 valence electrons. The number of para-hydroxylation sites is 2. The summed E-state index contributed by atoms with van der Waals surface area (Å²) in [4.78, 5) is 3.20. The Bertz CT molecular complexity index is 1660. The highest BCUT2D eigenvalue weighted by Crippen LogP contribution is 2.61. The summed E-state index contributed by atoms with van der Waals surface area (Å²) in [5.74, 6) is 4.18. The maximum absolute atomic E-state index is 7.01. The third-order valence-corrected chi connectivity index (χ3v) is 13.5. The molecule has 0 radical (unpaired) electrons. The van der Waals surface area contributed by atoms with Crippen LogP contribution in [0, 0.1) is 23.7 Å². The van der Waals surface area contributed by atoms with Gasteiger partial charge in [0, 0.05) is 34.6 Å². The molecule has 3 heterocycles. The van der Waals surface area contributed by atoms with E-state index in [1.54, 1.807) is 5.56 Å². The van der Waals surface area contributed by atoms with Crippen molar-refractivity contribution in [2.75, 3.05) is 0 Å². The predicted octanol–water partition coefficient (Wildman–Crippen LogP) is 9.26. The highest BCUT2D eigenvalue weighted by molar-refractivity contribution is 6.09. The van der Waals surface area contributed by atoms with Crippen molar-refractivity contribution in [2.24, 2.45) is 23.7 Å². The number of hydrogen-bond donors (Lipinski definition) is 0. The highest BCUT2D eigenvalue weighted by Gasteiger charge is 2.61. The first-order chi connectivity index (χ1) is 21.3. The van der Waals surface area contributed by atoms with Crippen LogP contribution < -0.4 is 0 Å². The van der Waals surface area contributed by atoms with Crippen molar-refractivity contribution in [3.63, 3.8) is 0 Å². The van der Waals surface area contributed by atoms with E-state index in [1.807, 2.05) is 0 Å². The van der Waals surface area contributed by atoms with Crippen LogP contribution in [0.4, 0.5) is 0 Å². The molecule has 4 aliphatic carbocycles. The molecule has 6 aliphatic rings. The molecule has 4 saturated carbocycles. The van der Waals surface area contributed by atoms with Crippen LogP contribution in [0.2, 0.25) is 0 Å². The van der Waals surface area contributed by atoms with E-state index in [2.05, 4.69) is 82.3 Å². The first kappa shape index (κ1) is 25.7. The number of aromatic nitrogens is 1. The molecule has 0 spiro atoms. The van der Waals surface area contributed by atoms with Gasteiger partial charge in [0.15, 0.2) is 0 Å². The fourth-order valence-electron chi connectivity index (χ4n) is 12.1. The molecule has 0 bridgehead atoms. The number of rotatable bonds is 2. The van der Waals surface area contributed by atoms with E-state index in [1.165, 1.54) is 105 Å². The number of benzene rings is 3. The van der Waals surface area contributed by atoms with Gasteiger partial charge in [0.05, 0.1) is 23.2 Å². The van der Waals surface area contributed by atoms with Crippen molar-refractivity contribution in [1.82, 2.24) is 9.47 Å². The first-order valence-corrected chi connectivity index (χ1v) is 17.9. The number of morpholine rings is 1. The van der Waals surface area contributed by atoms with E-state index < -0.39 is 0 Å². The lowest BCUT2D eigenvalue weighted by molar-refractivity contribution is -0.248. The molecule has 10 atom stereocenters. The van der Waals surface area contributed by atoms with Crippen LogP contribution in [0.5, 0.6) is 0 Å². The standard InChI is InChI=1S/C40H46N2O/c1-2-10-26(11-3-1)41-33-16-5-4-12-28(33)29-21-20-25(24-36(29)41)27-22-23-35-39-30(27)13-8-14-31(39)32-15-9-19-38-40(32)42(35)34-17-6-7-18-37(34)43-38/h1-5,10-12,16,20-21,24,27,30-32,34-35,37-40H,6-9,13-15,17-19,22-23H2. The number of fused-ring (bicyclic) bond motifs is 7. The lowest BCUT2D eigenvalue weighted by atomic mass is 9.50. The molecule has 6 fully saturated rings. The summed E-state index contributed by atoms with van der Waals surface area (Å²) in [5, 5.41) is 2.76. The van der Waals surface area contributed by atoms with Gasteiger partial charge in [0.1, 0.15) is 0 Å². The largest absolute Gasteiger partial charge is 0.372 e. The number of hydrogen-bond acceptors (Lipinski definition) is 2. The minimum atomic E-state index is 0.507. The third kappa shape index (κ3) is 3.73. The Labute approximate surface area is 256 Å². The zero-order valence-electron chi connectivity index (χ0n) is 25.5. The molecule has 10 rings (SSSR count). The molecule has 3 nitrogen and oxygen atoms in total. The van der Waals surface area contributed by atoms with E-state index >= 15 is 0 Å². The molecule has 2 aliphatic heterocycles. The van der Waals surface area contributed by atoms with E-state index in [9.17, 15) is 0 Å². The van der Waals surface area contributed by atoms with Crippen LogP contribution in [-0.2, 0) is 4.74 Å². The quantitative estimate of drug-likeness (QED) is 0.239. The second kappa shape index (κ2) is 9.94. The van der Waals surface area contributed by atoms with Gasteiger partial charge < -0.3 is 9.30 Å². The van der Waals surface area contributed by atoms with Crippen molar-refractivity contribution in [3.8, 4) is 5.69 Å². The van der Waals surface area contributed by atoms with E-state index in [0.717, 1.165) is 29.7 Å². The van der Waals surface area contributed by atoms with Crippen LogP contribution in [0.15, 0.2) is 72.8 Å². The molecular weight excluding hydrogens is 524 g/mol. The van der Waals surface area contributed by atoms with Crippen molar-refractivity contribution in [3.05, 3.63) is 78.4 Å². The third-order valence-electron chi connectivity index (χ3n) is 13.5. The minimum absolute atomic E-state index is 0.507. The average molecular weight is 571 g/mol. The van der Waals surface area contributed by atoms with E-state index in [4.69, 9.17) is 4.74 Å². The lowest BCUT2D eigenvalue weighted by Crippen LogP contribution is -2.74.